The molecular weight excluding hydrogens is 604 g/mol. The maximum Gasteiger partial charge on any atom is 0.323 e. The molecule has 0 spiro atoms. The van der Waals surface area contributed by atoms with E-state index in [0.717, 1.165) is 0 Å². The van der Waals surface area contributed by atoms with Gasteiger partial charge in [-0.3, -0.25) is 19.3 Å². The summed E-state index contributed by atoms with van der Waals surface area (Å²) in [7, 11) is 6.46. The number of ketones is 2. The Balaban J connectivity index is 1.58. The maximum atomic E-state index is 14.1. The second-order valence-corrected chi connectivity index (χ2v) is 11.9. The Morgan fingerprint density at radius 2 is 1.67 bits per heavy atom. The topological polar surface area (TPSA) is 246 Å². The number of carbonyl (C=O) groups excluding carboxylic acids is 4. The lowest BCUT2D eigenvalue weighted by molar-refractivity contribution is -0.729. The lowest BCUT2D eigenvalue weighted by atomic mass is 9.58. The first-order valence-electron chi connectivity index (χ1n) is 14.1. The van der Waals surface area contributed by atoms with Gasteiger partial charge in [0.1, 0.15) is 17.1 Å². The van der Waals surface area contributed by atoms with Gasteiger partial charge in [0.05, 0.1) is 22.2 Å². The number of nitrogens with one attached hydrogen (secondary N) is 2. The molecule has 9 N–H and O–H groups in total. The minimum absolute atomic E-state index is 0.0655. The van der Waals surface area contributed by atoms with Gasteiger partial charge in [0.25, 0.3) is 10.8 Å². The molecule has 0 bridgehead atoms. The van der Waals surface area contributed by atoms with Crippen molar-refractivity contribution >= 4 is 46.3 Å². The molecule has 0 saturated heterocycles. The number of likely N-dealkylation sites (N-methyl/N-ethyl adjacent to an activating group) is 1. The minimum atomic E-state index is -2.78. The predicted molar refractivity (Wildman–Crippen MR) is 162 cm³/mol. The number of aliphatic hydroxyl groups is 3. The van der Waals surface area contributed by atoms with Crippen LogP contribution >= 0.6 is 0 Å². The number of allylic oxidation sites excluding steroid dienone is 1. The van der Waals surface area contributed by atoms with Crippen LogP contribution in [0, 0.1) is 16.7 Å². The van der Waals surface area contributed by atoms with Gasteiger partial charge in [-0.1, -0.05) is 0 Å². The lowest BCUT2D eigenvalue weighted by Gasteiger charge is -2.50. The summed E-state index contributed by atoms with van der Waals surface area (Å²) in [5, 5.41) is 59.5. The third-order valence-electron chi connectivity index (χ3n) is 8.78. The van der Waals surface area contributed by atoms with Crippen LogP contribution in [0.2, 0.25) is 0 Å². The first-order valence-corrected chi connectivity index (χ1v) is 14.1. The normalized spacial score (nSPS) is 23.8. The van der Waals surface area contributed by atoms with Gasteiger partial charge in [-0.05, 0) is 56.6 Å². The zero-order valence-corrected chi connectivity index (χ0v) is 25.2. The molecule has 0 radical (unpaired) electrons. The molecule has 16 heteroatoms. The largest absolute Gasteiger partial charge is 0.510 e. The smallest absolute Gasteiger partial charge is 0.323 e. The van der Waals surface area contributed by atoms with Crippen molar-refractivity contribution in [3.63, 3.8) is 0 Å². The summed E-state index contributed by atoms with van der Waals surface area (Å²) < 4.78 is 0. The van der Waals surface area contributed by atoms with Gasteiger partial charge < -0.3 is 41.7 Å². The van der Waals surface area contributed by atoms with Crippen molar-refractivity contribution in [1.29, 1.82) is 0 Å². The van der Waals surface area contributed by atoms with E-state index in [9.17, 15) is 44.5 Å². The van der Waals surface area contributed by atoms with Crippen molar-refractivity contribution in [1.82, 2.24) is 4.90 Å². The molecule has 5 rings (SSSR count). The Hall–Kier alpha value is -5.48. The Labute approximate surface area is 261 Å². The average molecular weight is 638 g/mol. The highest BCUT2D eigenvalue weighted by Gasteiger charge is 2.63. The number of phenols is 1. The number of amides is 3. The first kappa shape index (κ1) is 31.9. The summed E-state index contributed by atoms with van der Waals surface area (Å²) in [5.41, 5.74) is 1.89. The Bertz CT molecular complexity index is 1780. The van der Waals surface area contributed by atoms with Crippen LogP contribution in [-0.2, 0) is 16.0 Å². The highest BCUT2D eigenvalue weighted by molar-refractivity contribution is 6.25. The molecule has 0 unspecified atom stereocenters. The molecule has 16 nitrogen and oxygen atoms in total. The van der Waals surface area contributed by atoms with Crippen LogP contribution in [0.3, 0.4) is 0 Å². The zero-order chi connectivity index (χ0) is 34.0. The summed E-state index contributed by atoms with van der Waals surface area (Å²) in [6.07, 6.45) is -0.00298. The molecule has 4 atom stereocenters. The van der Waals surface area contributed by atoms with E-state index in [-0.39, 0.29) is 46.0 Å². The van der Waals surface area contributed by atoms with Crippen LogP contribution in [0.15, 0.2) is 53.0 Å². The van der Waals surface area contributed by atoms with Gasteiger partial charge in [0, 0.05) is 49.1 Å². The second-order valence-electron chi connectivity index (χ2n) is 11.9. The van der Waals surface area contributed by atoms with Crippen LogP contribution in [0.1, 0.15) is 22.3 Å². The first-order chi connectivity index (χ1) is 21.5. The van der Waals surface area contributed by atoms with Crippen LogP contribution < -0.4 is 21.3 Å². The number of fused-ring (bicyclic) bond motifs is 3. The standard InChI is InChI=1S/C30H32N6O10/c1-34(2)18-11-17(33-29(43)32-13-5-7-14(8-6-13)36(45)46)23(37)20-15(18)9-12-10-16-22(35(3)4)25(39)21(28(31)42)27(41)30(16,44)26(40)19(12)24(20)38/h5-8,11-12,16,22,44H,9-10H2,1-4H3,(H7-,31,32,33,37,38,39,40,41,42,43,45,46)/p+1/t12-,16-,22+,30-/m0/s1. The number of primary amides is 1. The molecule has 0 aromatic heterocycles. The van der Waals surface area contributed by atoms with Gasteiger partial charge in [-0.25, -0.2) is 10.0 Å². The minimum Gasteiger partial charge on any atom is -0.510 e. The molecule has 242 valence electrons. The summed E-state index contributed by atoms with van der Waals surface area (Å²) >= 11 is 0. The lowest BCUT2D eigenvalue weighted by Crippen LogP contribution is -2.63. The quantitative estimate of drug-likeness (QED) is 0.128. The molecule has 3 aliphatic rings. The molecule has 0 saturated carbocycles. The van der Waals surface area contributed by atoms with E-state index in [0.29, 0.717) is 11.3 Å². The van der Waals surface area contributed by atoms with Crippen molar-refractivity contribution in [2.45, 2.75) is 24.5 Å². The number of anilines is 3. The van der Waals surface area contributed by atoms with Gasteiger partial charge in [0.2, 0.25) is 5.78 Å². The van der Waals surface area contributed by atoms with E-state index in [4.69, 9.17) is 10.9 Å². The molecule has 0 heterocycles. The second kappa shape index (κ2) is 11.1. The Kier molecular flexibility index (Phi) is 7.74. The molecule has 2 aromatic rings. The molecule has 0 aliphatic heterocycles. The van der Waals surface area contributed by atoms with Crippen LogP contribution in [0.5, 0.6) is 5.75 Å². The number of nitrogens with two attached hydrogens (primary N) is 1. The highest BCUT2D eigenvalue weighted by Crippen LogP contribution is 2.54. The van der Waals surface area contributed by atoms with Crippen molar-refractivity contribution in [3.8, 4) is 5.75 Å². The molecule has 3 aliphatic carbocycles. The van der Waals surface area contributed by atoms with Crippen molar-refractivity contribution in [2.24, 2.45) is 17.6 Å². The number of hydrogen-bond acceptors (Lipinski definition) is 11. The number of Topliss-reactive ketones (excluding diaryl/α,β-unsaturated/α-hetero) is 2. The highest BCUT2D eigenvalue weighted by atomic mass is 16.6. The number of aliphatic hydroxyl groups excluding tert-OH is 2. The van der Waals surface area contributed by atoms with Gasteiger partial charge in [-0.15, -0.1) is 0 Å². The molecule has 46 heavy (non-hydrogen) atoms. The number of benzene rings is 2. The van der Waals surface area contributed by atoms with E-state index in [1.165, 1.54) is 35.2 Å². The fraction of sp³-hybridized carbons (Fsp3) is 0.333. The summed E-state index contributed by atoms with van der Waals surface area (Å²) in [4.78, 5) is 66.5. The molecular formula is C30H33N6O10+. The average Bonchev–Trinajstić information content (AvgIpc) is 2.96. The fourth-order valence-electron chi connectivity index (χ4n) is 6.75. The van der Waals surface area contributed by atoms with E-state index in [2.05, 4.69) is 10.6 Å². The zero-order valence-electron chi connectivity index (χ0n) is 25.2. The number of rotatable bonds is 6. The van der Waals surface area contributed by atoms with Crippen LogP contribution in [-0.4, -0.2) is 98.8 Å². The van der Waals surface area contributed by atoms with Gasteiger partial charge in [0.15, 0.2) is 17.1 Å². The Morgan fingerprint density at radius 1 is 1.04 bits per heavy atom. The Morgan fingerprint density at radius 3 is 2.22 bits per heavy atom. The third kappa shape index (κ3) is 4.78. The number of phenolic OH excluding ortho intramolecular Hbond substituents is 1. The van der Waals surface area contributed by atoms with Crippen LogP contribution in [0.4, 0.5) is 27.5 Å². The van der Waals surface area contributed by atoms with Crippen LogP contribution in [0.25, 0.3) is 0 Å². The third-order valence-corrected chi connectivity index (χ3v) is 8.78. The number of aromatic hydroxyl groups is 1. The van der Waals surface area contributed by atoms with E-state index in [1.807, 2.05) is 0 Å². The van der Waals surface area contributed by atoms with Gasteiger partial charge >= 0.3 is 11.7 Å². The number of urea groups is 1. The van der Waals surface area contributed by atoms with E-state index in [1.54, 1.807) is 33.1 Å². The van der Waals surface area contributed by atoms with E-state index < -0.39 is 69.8 Å². The summed E-state index contributed by atoms with van der Waals surface area (Å²) in [5.74, 6) is -7.80. The summed E-state index contributed by atoms with van der Waals surface area (Å²) in [6.45, 7) is 0. The van der Waals surface area contributed by atoms with Crippen molar-refractivity contribution < 1.29 is 49.7 Å². The predicted octanol–water partition coefficient (Wildman–Crippen LogP) is 1.63. The van der Waals surface area contributed by atoms with Crippen molar-refractivity contribution in [3.05, 3.63) is 69.0 Å². The molecule has 3 amide bonds. The van der Waals surface area contributed by atoms with Gasteiger partial charge in [-0.2, -0.15) is 0 Å². The van der Waals surface area contributed by atoms with Crippen molar-refractivity contribution in [2.75, 3.05) is 43.7 Å². The molecule has 0 fully saturated rings. The van der Waals surface area contributed by atoms with E-state index >= 15 is 0 Å². The summed E-state index contributed by atoms with van der Waals surface area (Å²) in [6, 6.07) is 4.71. The number of hydrogen-bond donors (Lipinski definition) is 8. The molecule has 2 aromatic carbocycles. The number of nitrogens with zero attached hydrogens (tertiary/aromatic N) is 3. The SMILES string of the molecule is CN(C)c1cc(NC(=O)Nc2ccc([N+](=O)O)cc2)c(O)c2c1C[C@H]1C[C@H]3[C@@H](N(C)C)C(O)=C(C(N)=O)C(=O)[C@@]3(O)C(O)=C1C2=O. The number of carbonyl (C=O) groups is 4. The fourth-order valence-corrected chi connectivity index (χ4v) is 6.75. The maximum absolute atomic E-state index is 14.1. The monoisotopic (exact) mass is 637 g/mol.